The highest BCUT2D eigenvalue weighted by Gasteiger charge is 2.28. The maximum Gasteiger partial charge on any atom is 0.242 e. The van der Waals surface area contributed by atoms with Gasteiger partial charge in [-0.3, -0.25) is 9.59 Å². The van der Waals surface area contributed by atoms with Crippen molar-refractivity contribution in [2.24, 2.45) is 0 Å². The highest BCUT2D eigenvalue weighted by molar-refractivity contribution is 7.99. The number of rotatable bonds is 9. The molecule has 2 aromatic carbocycles. The van der Waals surface area contributed by atoms with E-state index >= 15 is 0 Å². The second kappa shape index (κ2) is 11.4. The summed E-state index contributed by atoms with van der Waals surface area (Å²) in [5.41, 5.74) is 1.64. The van der Waals surface area contributed by atoms with Crippen LogP contribution >= 0.6 is 35.0 Å². The second-order valence-corrected chi connectivity index (χ2v) is 8.24. The van der Waals surface area contributed by atoms with Gasteiger partial charge in [0.25, 0.3) is 0 Å². The first-order chi connectivity index (χ1) is 13.8. The Morgan fingerprint density at radius 3 is 2.45 bits per heavy atom. The number of likely N-dealkylation sites (N-methyl/N-ethyl adjacent to an activating group) is 1. The molecule has 0 fully saturated rings. The summed E-state index contributed by atoms with van der Waals surface area (Å²) in [6.45, 7) is 2.06. The predicted octanol–water partition coefficient (Wildman–Crippen LogP) is 4.92. The number of carbonyl (C=O) groups excluding carboxylic acids is 2. The van der Waals surface area contributed by atoms with Gasteiger partial charge in [-0.1, -0.05) is 48.3 Å². The molecule has 0 heterocycles. The van der Waals surface area contributed by atoms with Gasteiger partial charge in [0.2, 0.25) is 11.8 Å². The van der Waals surface area contributed by atoms with Gasteiger partial charge in [0.05, 0.1) is 5.75 Å². The molecule has 0 aliphatic carbocycles. The monoisotopic (exact) mass is 456 g/mol. The van der Waals surface area contributed by atoms with E-state index in [-0.39, 0.29) is 29.9 Å². The molecular formula is C21H23Cl2FN2O2S. The molecule has 2 rings (SSSR count). The molecule has 29 heavy (non-hydrogen) atoms. The molecule has 4 nitrogen and oxygen atoms in total. The zero-order valence-electron chi connectivity index (χ0n) is 16.3. The summed E-state index contributed by atoms with van der Waals surface area (Å²) in [4.78, 5) is 26.9. The van der Waals surface area contributed by atoms with Crippen molar-refractivity contribution in [1.82, 2.24) is 10.2 Å². The number of hydrogen-bond donors (Lipinski definition) is 1. The van der Waals surface area contributed by atoms with E-state index in [1.54, 1.807) is 42.3 Å². The molecule has 1 atom stereocenters. The summed E-state index contributed by atoms with van der Waals surface area (Å²) >= 11 is 13.7. The summed E-state index contributed by atoms with van der Waals surface area (Å²) < 4.78 is 13.0. The van der Waals surface area contributed by atoms with Crippen LogP contribution in [0.1, 0.15) is 24.5 Å². The van der Waals surface area contributed by atoms with Gasteiger partial charge < -0.3 is 10.2 Å². The van der Waals surface area contributed by atoms with Gasteiger partial charge in [0.1, 0.15) is 11.9 Å². The molecule has 0 aliphatic rings. The van der Waals surface area contributed by atoms with E-state index in [1.807, 2.05) is 6.92 Å². The van der Waals surface area contributed by atoms with E-state index in [0.29, 0.717) is 22.2 Å². The average molecular weight is 457 g/mol. The van der Waals surface area contributed by atoms with Gasteiger partial charge in [-0.15, -0.1) is 11.8 Å². The number of benzene rings is 2. The Bertz CT molecular complexity index is 849. The van der Waals surface area contributed by atoms with Crippen molar-refractivity contribution in [2.45, 2.75) is 31.7 Å². The van der Waals surface area contributed by atoms with Crippen LogP contribution in [0.4, 0.5) is 4.39 Å². The number of carbonyl (C=O) groups is 2. The van der Waals surface area contributed by atoms with Crippen LogP contribution in [0.3, 0.4) is 0 Å². The standard InChI is InChI=1S/C21H23Cl2FN2O2S/c1-3-19(21(28)25-2)26(11-15-6-7-16(22)10-18(15)23)20(27)13-29-12-14-4-8-17(24)9-5-14/h4-10,19H,3,11-13H2,1-2H3,(H,25,28). The molecule has 1 unspecified atom stereocenters. The van der Waals surface area contributed by atoms with Crippen molar-refractivity contribution in [3.63, 3.8) is 0 Å². The van der Waals surface area contributed by atoms with E-state index < -0.39 is 6.04 Å². The minimum absolute atomic E-state index is 0.168. The normalized spacial score (nSPS) is 11.8. The largest absolute Gasteiger partial charge is 0.357 e. The van der Waals surface area contributed by atoms with E-state index in [4.69, 9.17) is 23.2 Å². The highest BCUT2D eigenvalue weighted by atomic mass is 35.5. The van der Waals surface area contributed by atoms with Crippen molar-refractivity contribution in [2.75, 3.05) is 12.8 Å². The quantitative estimate of drug-likeness (QED) is 0.582. The van der Waals surface area contributed by atoms with Crippen LogP contribution in [0, 0.1) is 5.82 Å². The molecule has 2 amide bonds. The SMILES string of the molecule is CCC(C(=O)NC)N(Cc1ccc(Cl)cc1Cl)C(=O)CSCc1ccc(F)cc1. The van der Waals surface area contributed by atoms with Gasteiger partial charge in [-0.25, -0.2) is 4.39 Å². The number of hydrogen-bond acceptors (Lipinski definition) is 3. The lowest BCUT2D eigenvalue weighted by Gasteiger charge is -2.30. The minimum atomic E-state index is -0.606. The third kappa shape index (κ3) is 6.91. The summed E-state index contributed by atoms with van der Waals surface area (Å²) in [6.07, 6.45) is 0.471. The maximum atomic E-state index is 13.0. The first-order valence-electron chi connectivity index (χ1n) is 9.12. The molecule has 0 saturated heterocycles. The first kappa shape index (κ1) is 23.5. The molecule has 2 aromatic rings. The van der Waals surface area contributed by atoms with Crippen LogP contribution in [-0.2, 0) is 21.9 Å². The molecule has 0 radical (unpaired) electrons. The fourth-order valence-electron chi connectivity index (χ4n) is 2.84. The minimum Gasteiger partial charge on any atom is -0.357 e. The Morgan fingerprint density at radius 1 is 1.17 bits per heavy atom. The van der Waals surface area contributed by atoms with E-state index in [0.717, 1.165) is 11.1 Å². The van der Waals surface area contributed by atoms with Crippen LogP contribution in [-0.4, -0.2) is 35.6 Å². The third-order valence-corrected chi connectivity index (χ3v) is 5.97. The lowest BCUT2D eigenvalue weighted by atomic mass is 10.1. The molecule has 0 aromatic heterocycles. The topological polar surface area (TPSA) is 49.4 Å². The van der Waals surface area contributed by atoms with Crippen LogP contribution in [0.15, 0.2) is 42.5 Å². The molecule has 0 bridgehead atoms. The van der Waals surface area contributed by atoms with Crippen molar-refractivity contribution in [3.8, 4) is 0 Å². The summed E-state index contributed by atoms with van der Waals surface area (Å²) in [6, 6.07) is 10.6. The number of nitrogens with one attached hydrogen (secondary N) is 1. The van der Waals surface area contributed by atoms with Crippen LogP contribution in [0.2, 0.25) is 10.0 Å². The van der Waals surface area contributed by atoms with Crippen molar-refractivity contribution in [3.05, 3.63) is 69.5 Å². The number of thioether (sulfide) groups is 1. The zero-order chi connectivity index (χ0) is 21.4. The summed E-state index contributed by atoms with van der Waals surface area (Å²) in [5, 5.41) is 3.57. The Morgan fingerprint density at radius 2 is 1.86 bits per heavy atom. The maximum absolute atomic E-state index is 13.0. The van der Waals surface area contributed by atoms with Crippen molar-refractivity contribution >= 4 is 46.8 Å². The highest BCUT2D eigenvalue weighted by Crippen LogP contribution is 2.24. The Kier molecular flexibility index (Phi) is 9.27. The van der Waals surface area contributed by atoms with Gasteiger partial charge in [-0.05, 0) is 41.8 Å². The van der Waals surface area contributed by atoms with Gasteiger partial charge in [0.15, 0.2) is 0 Å². The van der Waals surface area contributed by atoms with Gasteiger partial charge >= 0.3 is 0 Å². The molecule has 0 saturated carbocycles. The fourth-order valence-corrected chi connectivity index (χ4v) is 4.18. The number of halogens is 3. The molecular weight excluding hydrogens is 434 g/mol. The van der Waals surface area contributed by atoms with Crippen molar-refractivity contribution in [1.29, 1.82) is 0 Å². The molecule has 8 heteroatoms. The average Bonchev–Trinajstić information content (AvgIpc) is 2.70. The zero-order valence-corrected chi connectivity index (χ0v) is 18.6. The third-order valence-electron chi connectivity index (χ3n) is 4.40. The first-order valence-corrected chi connectivity index (χ1v) is 11.0. The molecule has 1 N–H and O–H groups in total. The summed E-state index contributed by atoms with van der Waals surface area (Å²) in [7, 11) is 1.55. The van der Waals surface area contributed by atoms with Crippen molar-refractivity contribution < 1.29 is 14.0 Å². The van der Waals surface area contributed by atoms with Crippen LogP contribution in [0.5, 0.6) is 0 Å². The van der Waals surface area contributed by atoms with Crippen LogP contribution < -0.4 is 5.32 Å². The second-order valence-electron chi connectivity index (χ2n) is 6.41. The number of amides is 2. The van der Waals surface area contributed by atoms with Crippen LogP contribution in [0.25, 0.3) is 0 Å². The smallest absolute Gasteiger partial charge is 0.242 e. The van der Waals surface area contributed by atoms with Gasteiger partial charge in [0, 0.05) is 29.4 Å². The molecule has 0 aliphatic heterocycles. The van der Waals surface area contributed by atoms with E-state index in [1.165, 1.54) is 23.9 Å². The Balaban J connectivity index is 2.13. The summed E-state index contributed by atoms with van der Waals surface area (Å²) in [5.74, 6) is 0.0688. The Hall–Kier alpha value is -1.76. The lowest BCUT2D eigenvalue weighted by Crippen LogP contribution is -2.48. The van der Waals surface area contributed by atoms with E-state index in [9.17, 15) is 14.0 Å². The van der Waals surface area contributed by atoms with E-state index in [2.05, 4.69) is 5.32 Å². The Labute approximate surface area is 184 Å². The predicted molar refractivity (Wildman–Crippen MR) is 118 cm³/mol. The molecule has 0 spiro atoms. The lowest BCUT2D eigenvalue weighted by molar-refractivity contribution is -0.139. The molecule has 156 valence electrons. The van der Waals surface area contributed by atoms with Gasteiger partial charge in [-0.2, -0.15) is 0 Å². The number of nitrogens with zero attached hydrogens (tertiary/aromatic N) is 1. The fraction of sp³-hybridized carbons (Fsp3) is 0.333.